The number of carbonyl (C=O) groups is 1. The summed E-state index contributed by atoms with van der Waals surface area (Å²) in [5.41, 5.74) is 1.15. The van der Waals surface area contributed by atoms with E-state index in [4.69, 9.17) is 4.52 Å². The summed E-state index contributed by atoms with van der Waals surface area (Å²) in [6.45, 7) is 4.02. The van der Waals surface area contributed by atoms with Gasteiger partial charge in [0.25, 0.3) is 11.8 Å². The second kappa shape index (κ2) is 7.30. The molecule has 3 aromatic heterocycles. The van der Waals surface area contributed by atoms with Crippen LogP contribution in [0.2, 0.25) is 0 Å². The second-order valence-corrected chi connectivity index (χ2v) is 7.14. The second-order valence-electron chi connectivity index (χ2n) is 7.14. The Morgan fingerprint density at radius 3 is 2.85 bits per heavy atom. The Hall–Kier alpha value is -3.03. The molecule has 0 unspecified atom stereocenters. The first-order chi connectivity index (χ1) is 13.1. The van der Waals surface area contributed by atoms with Crippen LogP contribution in [0.15, 0.2) is 35.4 Å². The Labute approximate surface area is 157 Å². The third-order valence-corrected chi connectivity index (χ3v) is 4.72. The molecular weight excluding hydrogens is 344 g/mol. The Bertz CT molecular complexity index is 939. The first kappa shape index (κ1) is 17.4. The van der Waals surface area contributed by atoms with Crippen LogP contribution < -0.4 is 5.32 Å². The molecule has 1 fully saturated rings. The van der Waals surface area contributed by atoms with Gasteiger partial charge in [-0.3, -0.25) is 9.36 Å². The number of nitrogens with one attached hydrogen (secondary N) is 1. The SMILES string of the molecule is CC(C)c1noc(-c2ccnc(-n3cnc(C(=O)NC4CCCC4)c3)c2)n1. The minimum absolute atomic E-state index is 0.143. The molecule has 0 saturated heterocycles. The van der Waals surface area contributed by atoms with Crippen molar-refractivity contribution in [2.75, 3.05) is 0 Å². The molecule has 1 aliphatic rings. The van der Waals surface area contributed by atoms with Crippen LogP contribution in [0.1, 0.15) is 61.8 Å². The van der Waals surface area contributed by atoms with E-state index >= 15 is 0 Å². The lowest BCUT2D eigenvalue weighted by atomic mass is 10.2. The van der Waals surface area contributed by atoms with Crippen molar-refractivity contribution in [3.05, 3.63) is 42.4 Å². The molecule has 1 saturated carbocycles. The van der Waals surface area contributed by atoms with Crippen molar-refractivity contribution < 1.29 is 9.32 Å². The third-order valence-electron chi connectivity index (χ3n) is 4.72. The van der Waals surface area contributed by atoms with Crippen LogP contribution >= 0.6 is 0 Å². The van der Waals surface area contributed by atoms with Crippen LogP contribution in [0.3, 0.4) is 0 Å². The number of amides is 1. The normalized spacial score (nSPS) is 14.8. The van der Waals surface area contributed by atoms with Gasteiger partial charge in [-0.15, -0.1) is 0 Å². The third kappa shape index (κ3) is 3.74. The molecular formula is C19H22N6O2. The smallest absolute Gasteiger partial charge is 0.271 e. The molecule has 8 heteroatoms. The molecule has 1 aliphatic carbocycles. The van der Waals surface area contributed by atoms with Gasteiger partial charge in [0.2, 0.25) is 0 Å². The molecule has 3 aromatic rings. The van der Waals surface area contributed by atoms with E-state index in [-0.39, 0.29) is 17.9 Å². The van der Waals surface area contributed by atoms with Crippen molar-refractivity contribution in [1.82, 2.24) is 30.0 Å². The zero-order valence-electron chi connectivity index (χ0n) is 15.4. The van der Waals surface area contributed by atoms with Gasteiger partial charge in [0.15, 0.2) is 5.82 Å². The van der Waals surface area contributed by atoms with Gasteiger partial charge in [-0.25, -0.2) is 9.97 Å². The molecule has 1 amide bonds. The van der Waals surface area contributed by atoms with Crippen LogP contribution in [0.5, 0.6) is 0 Å². The predicted molar refractivity (Wildman–Crippen MR) is 98.5 cm³/mol. The van der Waals surface area contributed by atoms with Gasteiger partial charge < -0.3 is 9.84 Å². The Balaban J connectivity index is 1.53. The van der Waals surface area contributed by atoms with Gasteiger partial charge in [-0.1, -0.05) is 31.8 Å². The summed E-state index contributed by atoms with van der Waals surface area (Å²) in [5, 5.41) is 7.03. The first-order valence-electron chi connectivity index (χ1n) is 9.25. The molecule has 0 spiro atoms. The van der Waals surface area contributed by atoms with Gasteiger partial charge in [-0.2, -0.15) is 4.98 Å². The van der Waals surface area contributed by atoms with Gasteiger partial charge in [0.1, 0.15) is 17.8 Å². The number of hydrogen-bond acceptors (Lipinski definition) is 6. The van der Waals surface area contributed by atoms with Crippen molar-refractivity contribution in [2.24, 2.45) is 0 Å². The highest BCUT2D eigenvalue weighted by atomic mass is 16.5. The topological polar surface area (TPSA) is 98.7 Å². The summed E-state index contributed by atoms with van der Waals surface area (Å²) in [4.78, 5) is 25.3. The molecule has 8 nitrogen and oxygen atoms in total. The minimum Gasteiger partial charge on any atom is -0.348 e. The zero-order chi connectivity index (χ0) is 18.8. The van der Waals surface area contributed by atoms with Crippen LogP contribution in [0.25, 0.3) is 17.3 Å². The van der Waals surface area contributed by atoms with Gasteiger partial charge in [0.05, 0.1) is 0 Å². The van der Waals surface area contributed by atoms with Crippen molar-refractivity contribution in [3.63, 3.8) is 0 Å². The number of nitrogens with zero attached hydrogens (tertiary/aromatic N) is 5. The fraction of sp³-hybridized carbons (Fsp3) is 0.421. The Morgan fingerprint density at radius 1 is 1.30 bits per heavy atom. The van der Waals surface area contributed by atoms with E-state index in [1.807, 2.05) is 26.0 Å². The number of rotatable bonds is 5. The first-order valence-corrected chi connectivity index (χ1v) is 9.25. The van der Waals surface area contributed by atoms with Crippen molar-refractivity contribution in [3.8, 4) is 17.3 Å². The van der Waals surface area contributed by atoms with Crippen molar-refractivity contribution in [1.29, 1.82) is 0 Å². The van der Waals surface area contributed by atoms with Crippen LogP contribution in [-0.4, -0.2) is 36.6 Å². The molecule has 1 N–H and O–H groups in total. The van der Waals surface area contributed by atoms with E-state index in [9.17, 15) is 4.79 Å². The molecule has 0 aromatic carbocycles. The summed E-state index contributed by atoms with van der Waals surface area (Å²) in [5.74, 6) is 1.79. The molecule has 0 atom stereocenters. The quantitative estimate of drug-likeness (QED) is 0.745. The van der Waals surface area contributed by atoms with Crippen LogP contribution in [0, 0.1) is 0 Å². The summed E-state index contributed by atoms with van der Waals surface area (Å²) >= 11 is 0. The lowest BCUT2D eigenvalue weighted by Crippen LogP contribution is -2.32. The molecule has 27 heavy (non-hydrogen) atoms. The Morgan fingerprint density at radius 2 is 2.11 bits per heavy atom. The van der Waals surface area contributed by atoms with E-state index < -0.39 is 0 Å². The molecule has 3 heterocycles. The van der Waals surface area contributed by atoms with Crippen LogP contribution in [0.4, 0.5) is 0 Å². The highest BCUT2D eigenvalue weighted by Gasteiger charge is 2.19. The number of pyridine rings is 1. The van der Waals surface area contributed by atoms with E-state index in [1.165, 1.54) is 12.8 Å². The number of carbonyl (C=O) groups excluding carboxylic acids is 1. The van der Waals surface area contributed by atoms with E-state index in [1.54, 1.807) is 23.3 Å². The lowest BCUT2D eigenvalue weighted by molar-refractivity contribution is 0.0933. The molecule has 140 valence electrons. The van der Waals surface area contributed by atoms with E-state index in [0.717, 1.165) is 18.4 Å². The van der Waals surface area contributed by atoms with Gasteiger partial charge in [-0.05, 0) is 25.0 Å². The molecule has 0 aliphatic heterocycles. The lowest BCUT2D eigenvalue weighted by Gasteiger charge is -2.09. The maximum Gasteiger partial charge on any atom is 0.271 e. The maximum atomic E-state index is 12.4. The largest absolute Gasteiger partial charge is 0.348 e. The van der Waals surface area contributed by atoms with Gasteiger partial charge >= 0.3 is 0 Å². The molecule has 0 bridgehead atoms. The number of hydrogen-bond donors (Lipinski definition) is 1. The minimum atomic E-state index is -0.143. The standard InChI is InChI=1S/C19H22N6O2/c1-12(2)17-23-19(27-24-17)13-7-8-20-16(9-13)25-10-15(21-11-25)18(26)22-14-5-3-4-6-14/h7-12,14H,3-6H2,1-2H3,(H,22,26). The predicted octanol–water partition coefficient (Wildman–Crippen LogP) is 3.11. The molecule has 4 rings (SSSR count). The fourth-order valence-electron chi connectivity index (χ4n) is 3.17. The van der Waals surface area contributed by atoms with Gasteiger partial charge in [0, 0.05) is 29.9 Å². The summed E-state index contributed by atoms with van der Waals surface area (Å²) in [7, 11) is 0. The fourth-order valence-corrected chi connectivity index (χ4v) is 3.17. The zero-order valence-corrected chi connectivity index (χ0v) is 15.4. The highest BCUT2D eigenvalue weighted by molar-refractivity contribution is 5.92. The van der Waals surface area contributed by atoms with Crippen molar-refractivity contribution in [2.45, 2.75) is 51.5 Å². The summed E-state index contributed by atoms with van der Waals surface area (Å²) < 4.78 is 7.06. The number of imidazole rings is 1. The molecule has 0 radical (unpaired) electrons. The van der Waals surface area contributed by atoms with E-state index in [2.05, 4.69) is 25.4 Å². The average Bonchev–Trinajstić information content (AvgIpc) is 3.42. The number of aromatic nitrogens is 5. The average molecular weight is 366 g/mol. The van der Waals surface area contributed by atoms with Crippen LogP contribution in [-0.2, 0) is 0 Å². The summed E-state index contributed by atoms with van der Waals surface area (Å²) in [6.07, 6.45) is 9.36. The van der Waals surface area contributed by atoms with Crippen molar-refractivity contribution >= 4 is 5.91 Å². The van der Waals surface area contributed by atoms with E-state index in [0.29, 0.717) is 23.2 Å². The Kier molecular flexibility index (Phi) is 4.70. The maximum absolute atomic E-state index is 12.4. The summed E-state index contributed by atoms with van der Waals surface area (Å²) in [6, 6.07) is 3.90. The monoisotopic (exact) mass is 366 g/mol. The highest BCUT2D eigenvalue weighted by Crippen LogP contribution is 2.22.